The lowest BCUT2D eigenvalue weighted by atomic mass is 9.82. The molecule has 2 aromatic carbocycles. The van der Waals surface area contributed by atoms with E-state index < -0.39 is 23.7 Å². The molecular formula is C38H38F3N4O9+. The molecule has 2 aliphatic heterocycles. The van der Waals surface area contributed by atoms with E-state index in [4.69, 9.17) is 24.1 Å². The van der Waals surface area contributed by atoms with E-state index >= 15 is 0 Å². The molecular weight excluding hydrogens is 713 g/mol. The summed E-state index contributed by atoms with van der Waals surface area (Å²) >= 11 is 0. The number of carboxylic acid groups (broad SMARTS) is 2. The molecule has 0 atom stereocenters. The Balaban J connectivity index is 0.000000649. The number of nitrogens with one attached hydrogen (secondary N) is 1. The minimum atomic E-state index is -5.08. The summed E-state index contributed by atoms with van der Waals surface area (Å²) in [4.78, 5) is 52.3. The van der Waals surface area contributed by atoms with E-state index in [1.807, 2.05) is 37.0 Å². The van der Waals surface area contributed by atoms with Crippen LogP contribution in [0.25, 0.3) is 22.3 Å². The number of pyridine rings is 1. The van der Waals surface area contributed by atoms with Crippen LogP contribution in [0.15, 0.2) is 61.2 Å². The Morgan fingerprint density at radius 2 is 1.59 bits per heavy atom. The van der Waals surface area contributed by atoms with Gasteiger partial charge in [0.2, 0.25) is 0 Å². The molecule has 2 aromatic heterocycles. The van der Waals surface area contributed by atoms with Crippen molar-refractivity contribution in [2.24, 2.45) is 0 Å². The van der Waals surface area contributed by atoms with Crippen LogP contribution in [0, 0.1) is 0 Å². The molecule has 0 radical (unpaired) electrons. The summed E-state index contributed by atoms with van der Waals surface area (Å²) in [5.74, 6) is -2.29. The first-order valence-corrected chi connectivity index (χ1v) is 17.4. The molecule has 54 heavy (non-hydrogen) atoms. The lowest BCUT2D eigenvalue weighted by molar-refractivity contribution is -0.377. The number of hydrogen-bond acceptors (Lipinski definition) is 8. The van der Waals surface area contributed by atoms with E-state index in [0.29, 0.717) is 79.1 Å². The summed E-state index contributed by atoms with van der Waals surface area (Å²) in [6.45, 7) is 5.55. The first kappa shape index (κ1) is 37.8. The number of benzene rings is 2. The number of amides is 1. The smallest absolute Gasteiger partial charge is 0.490 e. The summed E-state index contributed by atoms with van der Waals surface area (Å²) in [5.41, 5.74) is 3.45. The Labute approximate surface area is 307 Å². The van der Waals surface area contributed by atoms with Crippen molar-refractivity contribution in [2.45, 2.75) is 63.8 Å². The number of carbonyl (C=O) groups excluding carboxylic acids is 2. The SMILES string of the molecule is CCOc1cc(C(=O)N2CCC3(CC2)CC(=O)c2cc(-c4c[nH+]cc(C(=O)O)c4)ccc2O3)cc(OCC)c1-c1cnn(C2CC2)c1.O=C(O)C(F)(F)F. The predicted molar refractivity (Wildman–Crippen MR) is 185 cm³/mol. The van der Waals surface area contributed by atoms with Gasteiger partial charge in [0, 0.05) is 48.8 Å². The number of carbonyl (C=O) groups is 4. The minimum Gasteiger partial charge on any atom is -0.493 e. The molecule has 13 nitrogen and oxygen atoms in total. The van der Waals surface area contributed by atoms with Crippen molar-refractivity contribution in [3.63, 3.8) is 0 Å². The number of piperidine rings is 1. The number of nitrogens with zero attached hydrogens (tertiary/aromatic N) is 3. The lowest BCUT2D eigenvalue weighted by Gasteiger charge is -2.44. The van der Waals surface area contributed by atoms with Crippen LogP contribution in [0.1, 0.15) is 83.1 Å². The fraction of sp³-hybridized carbons (Fsp3) is 0.368. The first-order valence-electron chi connectivity index (χ1n) is 17.4. The van der Waals surface area contributed by atoms with Gasteiger partial charge in [-0.2, -0.15) is 18.3 Å². The number of rotatable bonds is 9. The Morgan fingerprint density at radius 1 is 0.944 bits per heavy atom. The Bertz CT molecular complexity index is 2060. The molecule has 16 heteroatoms. The van der Waals surface area contributed by atoms with Crippen molar-refractivity contribution in [1.82, 2.24) is 14.7 Å². The van der Waals surface area contributed by atoms with Crippen molar-refractivity contribution in [3.8, 4) is 39.5 Å². The van der Waals surface area contributed by atoms with Gasteiger partial charge in [0.1, 0.15) is 28.4 Å². The third kappa shape index (κ3) is 8.16. The highest BCUT2D eigenvalue weighted by Gasteiger charge is 2.44. The molecule has 7 rings (SSSR count). The number of aliphatic carboxylic acids is 1. The summed E-state index contributed by atoms with van der Waals surface area (Å²) in [7, 11) is 0. The standard InChI is InChI=1S/C36H36N4O7.C2HF3O2/c1-3-45-31-15-23(16-32(46-4-2)33(31)26-20-38-40(21-26)27-6-7-27)34(42)39-11-9-36(10-12-39)17-29(41)28-14-22(5-8-30(28)47-36)24-13-25(35(43)44)19-37-18-24;3-2(4,5)1(6)7/h5,8,13-16,18-21,27H,3-4,6-7,9-12,17H2,1-2H3,(H,43,44);(H,6,7)/p+1. The molecule has 1 saturated heterocycles. The second-order valence-corrected chi connectivity index (χ2v) is 13.2. The molecule has 0 unspecified atom stereocenters. The monoisotopic (exact) mass is 751 g/mol. The zero-order chi connectivity index (χ0) is 38.8. The van der Waals surface area contributed by atoms with Crippen molar-refractivity contribution in [2.75, 3.05) is 26.3 Å². The number of aromatic nitrogens is 3. The molecule has 3 aliphatic rings. The highest BCUT2D eigenvalue weighted by molar-refractivity contribution is 6.02. The van der Waals surface area contributed by atoms with Crippen molar-refractivity contribution in [1.29, 1.82) is 0 Å². The second-order valence-electron chi connectivity index (χ2n) is 13.2. The van der Waals surface area contributed by atoms with E-state index in [9.17, 15) is 32.7 Å². The summed E-state index contributed by atoms with van der Waals surface area (Å²) < 4.78 is 52.3. The molecule has 3 N–H and O–H groups in total. The lowest BCUT2D eigenvalue weighted by Crippen LogP contribution is -2.52. The molecule has 2 fully saturated rings. The zero-order valence-corrected chi connectivity index (χ0v) is 29.4. The van der Waals surface area contributed by atoms with Crippen molar-refractivity contribution in [3.05, 3.63) is 77.9 Å². The number of ketones is 1. The number of alkyl halides is 3. The van der Waals surface area contributed by atoms with Gasteiger partial charge < -0.3 is 29.3 Å². The number of ether oxygens (including phenoxy) is 3. The average Bonchev–Trinajstić information content (AvgIpc) is 3.88. The quantitative estimate of drug-likeness (QED) is 0.203. The fourth-order valence-corrected chi connectivity index (χ4v) is 6.56. The van der Waals surface area contributed by atoms with Crippen LogP contribution in [0.2, 0.25) is 0 Å². The van der Waals surface area contributed by atoms with E-state index in [0.717, 1.165) is 29.5 Å². The minimum absolute atomic E-state index is 0.0328. The number of aromatic carboxylic acids is 1. The van der Waals surface area contributed by atoms with E-state index in [1.54, 1.807) is 41.4 Å². The Morgan fingerprint density at radius 3 is 2.17 bits per heavy atom. The van der Waals surface area contributed by atoms with Crippen LogP contribution in [0.4, 0.5) is 13.2 Å². The number of carboxylic acids is 2. The van der Waals surface area contributed by atoms with Crippen LogP contribution < -0.4 is 19.2 Å². The molecule has 0 bridgehead atoms. The van der Waals surface area contributed by atoms with Crippen LogP contribution in [-0.4, -0.2) is 86.6 Å². The van der Waals surface area contributed by atoms with Gasteiger partial charge in [0.05, 0.1) is 43.0 Å². The van der Waals surface area contributed by atoms with Crippen LogP contribution >= 0.6 is 0 Å². The van der Waals surface area contributed by atoms with Crippen LogP contribution in [-0.2, 0) is 4.79 Å². The summed E-state index contributed by atoms with van der Waals surface area (Å²) in [6, 6.07) is 10.9. The fourth-order valence-electron chi connectivity index (χ4n) is 6.56. The topological polar surface area (TPSA) is 172 Å². The summed E-state index contributed by atoms with van der Waals surface area (Å²) in [6.07, 6.45) is 5.34. The number of aromatic amines is 1. The third-order valence-corrected chi connectivity index (χ3v) is 9.39. The van der Waals surface area contributed by atoms with E-state index in [-0.39, 0.29) is 23.7 Å². The highest BCUT2D eigenvalue weighted by atomic mass is 19.4. The predicted octanol–water partition coefficient (Wildman–Crippen LogP) is 6.14. The third-order valence-electron chi connectivity index (χ3n) is 9.39. The maximum atomic E-state index is 13.9. The van der Waals surface area contributed by atoms with Crippen LogP contribution in [0.3, 0.4) is 0 Å². The van der Waals surface area contributed by atoms with E-state index in [1.165, 1.54) is 6.20 Å². The number of fused-ring (bicyclic) bond motifs is 1. The normalized spacial score (nSPS) is 16.1. The van der Waals surface area contributed by atoms with Gasteiger partial charge in [-0.3, -0.25) is 14.3 Å². The largest absolute Gasteiger partial charge is 0.493 e. The van der Waals surface area contributed by atoms with Gasteiger partial charge >= 0.3 is 18.1 Å². The Kier molecular flexibility index (Phi) is 10.6. The first-order chi connectivity index (χ1) is 25.7. The molecule has 1 aliphatic carbocycles. The second kappa shape index (κ2) is 15.2. The number of Topliss-reactive ketones (excluding diaryl/α,β-unsaturated/α-hetero) is 1. The molecule has 284 valence electrons. The number of halogens is 3. The van der Waals surface area contributed by atoms with Gasteiger partial charge in [-0.25, -0.2) is 14.6 Å². The molecule has 1 amide bonds. The molecule has 4 aromatic rings. The number of H-pyrrole nitrogens is 1. The van der Waals surface area contributed by atoms with E-state index in [2.05, 4.69) is 10.1 Å². The van der Waals surface area contributed by atoms with Gasteiger partial charge in [-0.15, -0.1) is 0 Å². The highest BCUT2D eigenvalue weighted by Crippen LogP contribution is 2.44. The maximum Gasteiger partial charge on any atom is 0.490 e. The Hall–Kier alpha value is -5.93. The van der Waals surface area contributed by atoms with Crippen LogP contribution in [0.5, 0.6) is 17.2 Å². The van der Waals surface area contributed by atoms with Gasteiger partial charge in [0.15, 0.2) is 18.2 Å². The average molecular weight is 752 g/mol. The number of likely N-dealkylation sites (tertiary alicyclic amines) is 1. The zero-order valence-electron chi connectivity index (χ0n) is 29.4. The molecule has 1 saturated carbocycles. The van der Waals surface area contributed by atoms with Crippen molar-refractivity contribution >= 4 is 23.6 Å². The molecule has 4 heterocycles. The molecule has 1 spiro atoms. The van der Waals surface area contributed by atoms with Gasteiger partial charge in [-0.05, 0) is 62.6 Å². The van der Waals surface area contributed by atoms with Crippen molar-refractivity contribution < 1.29 is 61.8 Å². The van der Waals surface area contributed by atoms with Gasteiger partial charge in [-0.1, -0.05) is 6.07 Å². The van der Waals surface area contributed by atoms with Gasteiger partial charge in [0.25, 0.3) is 5.91 Å². The maximum absolute atomic E-state index is 13.9. The summed E-state index contributed by atoms with van der Waals surface area (Å²) in [5, 5.41) is 21.0. The number of hydrogen-bond donors (Lipinski definition) is 2.